The zero-order chi connectivity index (χ0) is 21.5. The Morgan fingerprint density at radius 1 is 1.00 bits per heavy atom. The number of furan rings is 1. The van der Waals surface area contributed by atoms with Crippen LogP contribution in [0.5, 0.6) is 11.5 Å². The SMILES string of the molecule is COc1cc(Br)c(CN2CCCN(Cc3ccc(COC(C)=O)o3)CC2)cc1OC. The van der Waals surface area contributed by atoms with Crippen LogP contribution in [0, 0.1) is 0 Å². The summed E-state index contributed by atoms with van der Waals surface area (Å²) < 4.78 is 22.6. The van der Waals surface area contributed by atoms with E-state index < -0.39 is 0 Å². The molecule has 30 heavy (non-hydrogen) atoms. The van der Waals surface area contributed by atoms with Crippen LogP contribution in [0.3, 0.4) is 0 Å². The second kappa shape index (κ2) is 10.8. The Bertz CT molecular complexity index is 854. The molecule has 2 aromatic rings. The Morgan fingerprint density at radius 3 is 2.30 bits per heavy atom. The second-order valence-electron chi connectivity index (χ2n) is 7.35. The molecule has 1 saturated heterocycles. The first kappa shape index (κ1) is 22.7. The van der Waals surface area contributed by atoms with E-state index in [1.165, 1.54) is 12.5 Å². The Balaban J connectivity index is 1.55. The molecule has 1 aromatic heterocycles. The van der Waals surface area contributed by atoms with Crippen LogP contribution in [0.25, 0.3) is 0 Å². The highest BCUT2D eigenvalue weighted by Crippen LogP contribution is 2.34. The van der Waals surface area contributed by atoms with Crippen LogP contribution >= 0.6 is 15.9 Å². The van der Waals surface area contributed by atoms with Crippen molar-refractivity contribution in [1.29, 1.82) is 0 Å². The van der Waals surface area contributed by atoms with Gasteiger partial charge in [-0.05, 0) is 49.3 Å². The standard InChI is InChI=1S/C22H29BrN2O5/c1-16(26)29-15-19-6-5-18(30-19)14-25-8-4-7-24(9-10-25)13-17-11-21(27-2)22(28-3)12-20(17)23/h5-6,11-12H,4,7-10,13-15H2,1-3H3. The van der Waals surface area contributed by atoms with Crippen LogP contribution < -0.4 is 9.47 Å². The Labute approximate surface area is 186 Å². The van der Waals surface area contributed by atoms with Crippen molar-refractivity contribution in [2.75, 3.05) is 40.4 Å². The monoisotopic (exact) mass is 480 g/mol. The Hall–Kier alpha value is -2.03. The first-order chi connectivity index (χ1) is 14.5. The van der Waals surface area contributed by atoms with Gasteiger partial charge in [0, 0.05) is 31.0 Å². The number of hydrogen-bond donors (Lipinski definition) is 0. The van der Waals surface area contributed by atoms with Gasteiger partial charge in [0.2, 0.25) is 0 Å². The van der Waals surface area contributed by atoms with Crippen LogP contribution in [-0.2, 0) is 29.2 Å². The van der Waals surface area contributed by atoms with E-state index in [1.54, 1.807) is 14.2 Å². The van der Waals surface area contributed by atoms with Crippen molar-refractivity contribution in [3.05, 3.63) is 45.8 Å². The minimum atomic E-state index is -0.304. The van der Waals surface area contributed by atoms with E-state index in [-0.39, 0.29) is 12.6 Å². The molecule has 0 N–H and O–H groups in total. The van der Waals surface area contributed by atoms with Crippen LogP contribution in [0.2, 0.25) is 0 Å². The van der Waals surface area contributed by atoms with Gasteiger partial charge in [-0.3, -0.25) is 14.6 Å². The van der Waals surface area contributed by atoms with Crippen molar-refractivity contribution in [2.45, 2.75) is 33.0 Å². The number of nitrogens with zero attached hydrogens (tertiary/aromatic N) is 2. The van der Waals surface area contributed by atoms with Crippen LogP contribution in [-0.4, -0.2) is 56.2 Å². The van der Waals surface area contributed by atoms with Crippen molar-refractivity contribution in [3.63, 3.8) is 0 Å². The van der Waals surface area contributed by atoms with Gasteiger partial charge >= 0.3 is 5.97 Å². The molecule has 3 rings (SSSR count). The lowest BCUT2D eigenvalue weighted by Crippen LogP contribution is -2.30. The summed E-state index contributed by atoms with van der Waals surface area (Å²) in [6.45, 7) is 7.18. The van der Waals surface area contributed by atoms with Crippen LogP contribution in [0.1, 0.15) is 30.4 Å². The first-order valence-corrected chi connectivity index (χ1v) is 10.8. The third-order valence-corrected chi connectivity index (χ3v) is 5.88. The van der Waals surface area contributed by atoms with Gasteiger partial charge < -0.3 is 18.6 Å². The number of esters is 1. The molecule has 1 aromatic carbocycles. The smallest absolute Gasteiger partial charge is 0.303 e. The van der Waals surface area contributed by atoms with Crippen molar-refractivity contribution in [1.82, 2.24) is 9.80 Å². The van der Waals surface area contributed by atoms with E-state index in [0.717, 1.165) is 67.4 Å². The van der Waals surface area contributed by atoms with Gasteiger partial charge in [0.1, 0.15) is 18.1 Å². The van der Waals surface area contributed by atoms with E-state index in [0.29, 0.717) is 5.76 Å². The molecule has 7 nitrogen and oxygen atoms in total. The fraction of sp³-hybridized carbons (Fsp3) is 0.500. The molecule has 8 heteroatoms. The molecular formula is C22H29BrN2O5. The maximum absolute atomic E-state index is 10.9. The summed E-state index contributed by atoms with van der Waals surface area (Å²) in [5, 5.41) is 0. The van der Waals surface area contributed by atoms with Crippen LogP contribution in [0.4, 0.5) is 0 Å². The summed E-state index contributed by atoms with van der Waals surface area (Å²) in [4.78, 5) is 15.8. The zero-order valence-electron chi connectivity index (χ0n) is 17.8. The summed E-state index contributed by atoms with van der Waals surface area (Å²) in [5.41, 5.74) is 1.18. The minimum Gasteiger partial charge on any atom is -0.493 e. The van der Waals surface area contributed by atoms with E-state index in [4.69, 9.17) is 18.6 Å². The fourth-order valence-corrected chi connectivity index (χ4v) is 4.02. The molecule has 0 radical (unpaired) electrons. The summed E-state index contributed by atoms with van der Waals surface area (Å²) in [6.07, 6.45) is 1.09. The third kappa shape index (κ3) is 6.23. The van der Waals surface area contributed by atoms with Crippen molar-refractivity contribution < 1.29 is 23.4 Å². The Morgan fingerprint density at radius 2 is 1.63 bits per heavy atom. The summed E-state index contributed by atoms with van der Waals surface area (Å²) in [7, 11) is 3.30. The Kier molecular flexibility index (Phi) is 8.18. The largest absolute Gasteiger partial charge is 0.493 e. The average molecular weight is 481 g/mol. The molecular weight excluding hydrogens is 452 g/mol. The van der Waals surface area contributed by atoms with Crippen molar-refractivity contribution in [2.24, 2.45) is 0 Å². The highest BCUT2D eigenvalue weighted by molar-refractivity contribution is 9.10. The summed E-state index contributed by atoms with van der Waals surface area (Å²) >= 11 is 3.66. The highest BCUT2D eigenvalue weighted by atomic mass is 79.9. The van der Waals surface area contributed by atoms with E-state index in [9.17, 15) is 4.79 Å². The lowest BCUT2D eigenvalue weighted by molar-refractivity contribution is -0.142. The van der Waals surface area contributed by atoms with Crippen molar-refractivity contribution in [3.8, 4) is 11.5 Å². The molecule has 0 amide bonds. The van der Waals surface area contributed by atoms with Crippen molar-refractivity contribution >= 4 is 21.9 Å². The number of methoxy groups -OCH3 is 2. The van der Waals surface area contributed by atoms with Gasteiger partial charge in [0.05, 0.1) is 20.8 Å². The second-order valence-corrected chi connectivity index (χ2v) is 8.21. The molecule has 2 heterocycles. The molecule has 0 unspecified atom stereocenters. The quantitative estimate of drug-likeness (QED) is 0.531. The maximum Gasteiger partial charge on any atom is 0.303 e. The molecule has 0 spiro atoms. The minimum absolute atomic E-state index is 0.184. The molecule has 0 aliphatic carbocycles. The maximum atomic E-state index is 10.9. The van der Waals surface area contributed by atoms with Gasteiger partial charge in [-0.15, -0.1) is 0 Å². The van der Waals surface area contributed by atoms with Crippen LogP contribution in [0.15, 0.2) is 33.2 Å². The number of halogens is 1. The molecule has 0 bridgehead atoms. The summed E-state index contributed by atoms with van der Waals surface area (Å²) in [5.74, 6) is 2.74. The predicted octanol–water partition coefficient (Wildman–Crippen LogP) is 3.83. The molecule has 1 fully saturated rings. The molecule has 1 aliphatic rings. The first-order valence-electron chi connectivity index (χ1n) is 10.0. The molecule has 1 aliphatic heterocycles. The van der Waals surface area contributed by atoms with E-state index >= 15 is 0 Å². The zero-order valence-corrected chi connectivity index (χ0v) is 19.4. The molecule has 0 atom stereocenters. The number of carbonyl (C=O) groups excluding carboxylic acids is 1. The van der Waals surface area contributed by atoms with Gasteiger partial charge in [0.15, 0.2) is 11.5 Å². The van der Waals surface area contributed by atoms with E-state index in [1.807, 2.05) is 24.3 Å². The van der Waals surface area contributed by atoms with Gasteiger partial charge in [0.25, 0.3) is 0 Å². The molecule has 0 saturated carbocycles. The number of carbonyl (C=O) groups is 1. The lowest BCUT2D eigenvalue weighted by Gasteiger charge is -2.22. The van der Waals surface area contributed by atoms with Gasteiger partial charge in [-0.25, -0.2) is 0 Å². The average Bonchev–Trinajstić information content (AvgIpc) is 3.06. The highest BCUT2D eigenvalue weighted by Gasteiger charge is 2.18. The third-order valence-electron chi connectivity index (χ3n) is 5.14. The number of benzene rings is 1. The summed E-state index contributed by atoms with van der Waals surface area (Å²) in [6, 6.07) is 7.83. The topological polar surface area (TPSA) is 64.4 Å². The number of rotatable bonds is 8. The fourth-order valence-electron chi connectivity index (χ4n) is 3.58. The lowest BCUT2D eigenvalue weighted by atomic mass is 10.2. The predicted molar refractivity (Wildman–Crippen MR) is 117 cm³/mol. The van der Waals surface area contributed by atoms with Gasteiger partial charge in [-0.1, -0.05) is 15.9 Å². The van der Waals surface area contributed by atoms with Gasteiger partial charge in [-0.2, -0.15) is 0 Å². The molecule has 164 valence electrons. The normalized spacial score (nSPS) is 15.6. The number of ether oxygens (including phenoxy) is 3. The van der Waals surface area contributed by atoms with E-state index in [2.05, 4.69) is 25.7 Å². The number of hydrogen-bond acceptors (Lipinski definition) is 7.